The lowest BCUT2D eigenvalue weighted by Crippen LogP contribution is -2.31. The Morgan fingerprint density at radius 2 is 1.79 bits per heavy atom. The average molecular weight is 441 g/mol. The number of carbonyl (C=O) groups excluding carboxylic acids is 2. The Hall–Kier alpha value is -4.12. The molecular formula is C25H23N5O3. The molecule has 1 atom stereocenters. The molecule has 1 aliphatic carbocycles. The molecule has 1 saturated carbocycles. The lowest BCUT2D eigenvalue weighted by atomic mass is 10.1. The van der Waals surface area contributed by atoms with Crippen molar-refractivity contribution < 1.29 is 14.3 Å². The summed E-state index contributed by atoms with van der Waals surface area (Å²) in [6.45, 7) is 0.753. The molecule has 5 rings (SSSR count). The van der Waals surface area contributed by atoms with Crippen molar-refractivity contribution in [2.45, 2.75) is 31.3 Å². The Kier molecular flexibility index (Phi) is 5.31. The Bertz CT molecular complexity index is 1240. The standard InChI is InChI=1S/C25H23N5O3/c26-14-16-1-3-19(4-2-16)23-13-22(24(31)29-12-11-21(15-29)33-25(27)32)28-30(23)20-9-7-18(8-10-20)17-5-6-17/h1-4,7-10,13,17,21H,5-6,11-12,15H2,(H2,27,32)/t21-/m0/s1. The zero-order chi connectivity index (χ0) is 22.9. The Morgan fingerprint density at radius 1 is 1.06 bits per heavy atom. The van der Waals surface area contributed by atoms with Crippen molar-refractivity contribution in [3.05, 3.63) is 71.4 Å². The molecule has 2 aromatic carbocycles. The predicted molar refractivity (Wildman–Crippen MR) is 121 cm³/mol. The zero-order valence-corrected chi connectivity index (χ0v) is 18.0. The monoisotopic (exact) mass is 441 g/mol. The van der Waals surface area contributed by atoms with Crippen molar-refractivity contribution in [3.8, 4) is 23.0 Å². The van der Waals surface area contributed by atoms with Gasteiger partial charge in [0, 0.05) is 18.5 Å². The number of rotatable bonds is 5. The van der Waals surface area contributed by atoms with Gasteiger partial charge in [0.15, 0.2) is 5.69 Å². The second kappa shape index (κ2) is 8.43. The van der Waals surface area contributed by atoms with Crippen LogP contribution < -0.4 is 5.73 Å². The second-order valence-electron chi connectivity index (χ2n) is 8.48. The summed E-state index contributed by atoms with van der Waals surface area (Å²) in [4.78, 5) is 25.9. The number of hydrogen-bond acceptors (Lipinski definition) is 5. The molecule has 2 aliphatic rings. The normalized spacial score (nSPS) is 17.5. The van der Waals surface area contributed by atoms with Gasteiger partial charge in [0.05, 0.1) is 29.6 Å². The number of ether oxygens (including phenoxy) is 1. The molecule has 0 unspecified atom stereocenters. The Labute approximate surface area is 191 Å². The third kappa shape index (κ3) is 4.30. The Balaban J connectivity index is 1.48. The van der Waals surface area contributed by atoms with Gasteiger partial charge in [-0.05, 0) is 54.7 Å². The molecule has 0 bridgehead atoms. The summed E-state index contributed by atoms with van der Waals surface area (Å²) in [6, 6.07) is 19.4. The first kappa shape index (κ1) is 20.8. The maximum Gasteiger partial charge on any atom is 0.404 e. The van der Waals surface area contributed by atoms with Crippen LogP contribution in [0.15, 0.2) is 54.6 Å². The van der Waals surface area contributed by atoms with Crippen LogP contribution in [0.1, 0.15) is 46.8 Å². The van der Waals surface area contributed by atoms with E-state index in [0.717, 1.165) is 16.9 Å². The number of nitriles is 1. The van der Waals surface area contributed by atoms with E-state index in [9.17, 15) is 9.59 Å². The van der Waals surface area contributed by atoms with E-state index >= 15 is 0 Å². The molecular weight excluding hydrogens is 418 g/mol. The number of carbonyl (C=O) groups is 2. The number of benzene rings is 2. The van der Waals surface area contributed by atoms with Crippen LogP contribution in [-0.4, -0.2) is 45.9 Å². The van der Waals surface area contributed by atoms with Crippen molar-refractivity contribution in [1.29, 1.82) is 5.26 Å². The minimum absolute atomic E-state index is 0.228. The molecule has 0 spiro atoms. The van der Waals surface area contributed by atoms with Gasteiger partial charge in [-0.3, -0.25) is 4.79 Å². The zero-order valence-electron chi connectivity index (χ0n) is 18.0. The molecule has 8 heteroatoms. The summed E-state index contributed by atoms with van der Waals surface area (Å²) in [5.41, 5.74) is 9.76. The lowest BCUT2D eigenvalue weighted by molar-refractivity contribution is 0.0733. The van der Waals surface area contributed by atoms with Crippen molar-refractivity contribution in [2.24, 2.45) is 5.73 Å². The topological polar surface area (TPSA) is 114 Å². The van der Waals surface area contributed by atoms with Gasteiger partial charge >= 0.3 is 6.09 Å². The highest BCUT2D eigenvalue weighted by molar-refractivity contribution is 5.94. The van der Waals surface area contributed by atoms with E-state index in [4.69, 9.17) is 15.7 Å². The molecule has 33 heavy (non-hydrogen) atoms. The molecule has 1 aromatic heterocycles. The fourth-order valence-corrected chi connectivity index (χ4v) is 4.24. The van der Waals surface area contributed by atoms with Gasteiger partial charge in [0.25, 0.3) is 5.91 Å². The fraction of sp³-hybridized carbons (Fsp3) is 0.280. The van der Waals surface area contributed by atoms with Crippen LogP contribution >= 0.6 is 0 Å². The highest BCUT2D eigenvalue weighted by atomic mass is 16.6. The van der Waals surface area contributed by atoms with Gasteiger partial charge in [-0.2, -0.15) is 10.4 Å². The molecule has 2 fully saturated rings. The van der Waals surface area contributed by atoms with Crippen LogP contribution in [0.25, 0.3) is 16.9 Å². The number of nitrogens with two attached hydrogens (primary N) is 1. The van der Waals surface area contributed by atoms with E-state index < -0.39 is 12.2 Å². The number of hydrogen-bond donors (Lipinski definition) is 1. The molecule has 1 saturated heterocycles. The van der Waals surface area contributed by atoms with Crippen molar-refractivity contribution >= 4 is 12.0 Å². The first-order valence-electron chi connectivity index (χ1n) is 11.0. The smallest absolute Gasteiger partial charge is 0.404 e. The summed E-state index contributed by atoms with van der Waals surface area (Å²) in [5.74, 6) is 0.423. The largest absolute Gasteiger partial charge is 0.444 e. The Morgan fingerprint density at radius 3 is 2.42 bits per heavy atom. The van der Waals surface area contributed by atoms with Crippen LogP contribution in [0.4, 0.5) is 4.79 Å². The van der Waals surface area contributed by atoms with Crippen molar-refractivity contribution in [1.82, 2.24) is 14.7 Å². The minimum Gasteiger partial charge on any atom is -0.444 e. The van der Waals surface area contributed by atoms with Gasteiger partial charge in [-0.15, -0.1) is 0 Å². The fourth-order valence-electron chi connectivity index (χ4n) is 4.24. The van der Waals surface area contributed by atoms with E-state index in [0.29, 0.717) is 30.1 Å². The van der Waals surface area contributed by atoms with E-state index in [1.165, 1.54) is 18.4 Å². The SMILES string of the molecule is N#Cc1ccc(-c2cc(C(=O)N3CC[C@H](OC(N)=O)C3)nn2-c2ccc(C3CC3)cc2)cc1. The first-order valence-corrected chi connectivity index (χ1v) is 11.0. The molecule has 0 radical (unpaired) electrons. The molecule has 166 valence electrons. The van der Waals surface area contributed by atoms with Gasteiger partial charge in [-0.25, -0.2) is 9.48 Å². The number of primary amides is 1. The maximum atomic E-state index is 13.2. The van der Waals surface area contributed by atoms with Gasteiger partial charge in [0.2, 0.25) is 0 Å². The molecule has 2 amide bonds. The minimum atomic E-state index is -0.837. The average Bonchev–Trinajstić information content (AvgIpc) is 3.42. The van der Waals surface area contributed by atoms with Crippen LogP contribution in [0.2, 0.25) is 0 Å². The number of amides is 2. The van der Waals surface area contributed by atoms with Gasteiger partial charge in [0.1, 0.15) is 6.10 Å². The molecule has 3 aromatic rings. The lowest BCUT2D eigenvalue weighted by Gasteiger charge is -2.14. The molecule has 2 N–H and O–H groups in total. The van der Waals surface area contributed by atoms with Crippen molar-refractivity contribution in [3.63, 3.8) is 0 Å². The summed E-state index contributed by atoms with van der Waals surface area (Å²) >= 11 is 0. The quantitative estimate of drug-likeness (QED) is 0.650. The molecule has 1 aliphatic heterocycles. The van der Waals surface area contributed by atoms with E-state index in [2.05, 4.69) is 23.3 Å². The number of nitrogens with zero attached hydrogens (tertiary/aromatic N) is 4. The van der Waals surface area contributed by atoms with Crippen LogP contribution in [-0.2, 0) is 4.74 Å². The van der Waals surface area contributed by atoms with E-state index in [1.54, 1.807) is 27.8 Å². The molecule has 2 heterocycles. The second-order valence-corrected chi connectivity index (χ2v) is 8.48. The van der Waals surface area contributed by atoms with Gasteiger partial charge in [-0.1, -0.05) is 24.3 Å². The summed E-state index contributed by atoms with van der Waals surface area (Å²) in [5, 5.41) is 13.8. The number of likely N-dealkylation sites (tertiary alicyclic amines) is 1. The highest BCUT2D eigenvalue weighted by Gasteiger charge is 2.31. The maximum absolute atomic E-state index is 13.2. The first-order chi connectivity index (χ1) is 16.0. The predicted octanol–water partition coefficient (Wildman–Crippen LogP) is 3.60. The van der Waals surface area contributed by atoms with E-state index in [1.807, 2.05) is 24.3 Å². The number of aromatic nitrogens is 2. The van der Waals surface area contributed by atoms with E-state index in [-0.39, 0.29) is 12.5 Å². The van der Waals surface area contributed by atoms with Crippen LogP contribution in [0.3, 0.4) is 0 Å². The summed E-state index contributed by atoms with van der Waals surface area (Å²) < 4.78 is 6.81. The summed E-state index contributed by atoms with van der Waals surface area (Å²) in [6.07, 6.45) is 1.76. The third-order valence-corrected chi connectivity index (χ3v) is 6.14. The van der Waals surface area contributed by atoms with Crippen LogP contribution in [0.5, 0.6) is 0 Å². The highest BCUT2D eigenvalue weighted by Crippen LogP contribution is 2.40. The van der Waals surface area contributed by atoms with Gasteiger partial charge < -0.3 is 15.4 Å². The van der Waals surface area contributed by atoms with Crippen LogP contribution in [0, 0.1) is 11.3 Å². The third-order valence-electron chi connectivity index (χ3n) is 6.14. The molecule has 8 nitrogen and oxygen atoms in total. The summed E-state index contributed by atoms with van der Waals surface area (Å²) in [7, 11) is 0. The van der Waals surface area contributed by atoms with Crippen molar-refractivity contribution in [2.75, 3.05) is 13.1 Å².